The van der Waals surface area contributed by atoms with E-state index in [1.807, 2.05) is 19.1 Å². The highest BCUT2D eigenvalue weighted by molar-refractivity contribution is 5.29. The summed E-state index contributed by atoms with van der Waals surface area (Å²) in [6.45, 7) is 3.91. The van der Waals surface area contributed by atoms with Crippen LogP contribution in [0, 0.1) is 17.1 Å². The second-order valence-electron chi connectivity index (χ2n) is 3.69. The van der Waals surface area contributed by atoms with Gasteiger partial charge in [0.1, 0.15) is 11.6 Å². The number of hydrogen-bond acceptors (Lipinski definition) is 3. The minimum absolute atomic E-state index is 0.296. The van der Waals surface area contributed by atoms with Gasteiger partial charge in [0.05, 0.1) is 12.7 Å². The molecule has 17 heavy (non-hydrogen) atoms. The number of hydrogen-bond donors (Lipinski definition) is 1. The largest absolute Gasteiger partial charge is 0.493 e. The van der Waals surface area contributed by atoms with Crippen molar-refractivity contribution in [2.75, 3.05) is 13.2 Å². The van der Waals surface area contributed by atoms with Gasteiger partial charge in [-0.05, 0) is 30.7 Å². The maximum Gasteiger partial charge on any atom is 0.127 e. The monoisotopic (exact) mass is 236 g/mol. The second kappa shape index (κ2) is 7.64. The van der Waals surface area contributed by atoms with Crippen LogP contribution in [0.15, 0.2) is 18.2 Å². The molecule has 0 fully saturated rings. The summed E-state index contributed by atoms with van der Waals surface area (Å²) < 4.78 is 18.7. The van der Waals surface area contributed by atoms with Crippen LogP contribution in [0.1, 0.15) is 25.3 Å². The van der Waals surface area contributed by atoms with Crippen molar-refractivity contribution in [3.05, 3.63) is 29.6 Å². The van der Waals surface area contributed by atoms with E-state index in [1.165, 1.54) is 12.1 Å². The maximum atomic E-state index is 13.3. The molecule has 0 heterocycles. The van der Waals surface area contributed by atoms with Gasteiger partial charge in [0.25, 0.3) is 0 Å². The molecule has 4 heteroatoms. The highest BCUT2D eigenvalue weighted by Crippen LogP contribution is 2.16. The maximum absolute atomic E-state index is 13.3. The zero-order chi connectivity index (χ0) is 12.5. The molecule has 0 aliphatic rings. The van der Waals surface area contributed by atoms with E-state index >= 15 is 0 Å². The van der Waals surface area contributed by atoms with Crippen molar-refractivity contribution in [3.8, 4) is 11.8 Å². The van der Waals surface area contributed by atoms with Crippen molar-refractivity contribution in [3.63, 3.8) is 0 Å². The van der Waals surface area contributed by atoms with Gasteiger partial charge in [0.15, 0.2) is 0 Å². The third kappa shape index (κ3) is 5.32. The van der Waals surface area contributed by atoms with Crippen LogP contribution in [0.25, 0.3) is 0 Å². The highest BCUT2D eigenvalue weighted by atomic mass is 19.1. The number of benzene rings is 1. The number of nitrogens with one attached hydrogen (secondary N) is 1. The molecule has 0 aliphatic carbocycles. The highest BCUT2D eigenvalue weighted by Gasteiger charge is 2.01. The Morgan fingerprint density at radius 1 is 1.41 bits per heavy atom. The topological polar surface area (TPSA) is 45.0 Å². The van der Waals surface area contributed by atoms with Crippen molar-refractivity contribution in [2.24, 2.45) is 0 Å². The molecule has 0 aliphatic heterocycles. The third-order valence-corrected chi connectivity index (χ3v) is 2.21. The molecule has 0 saturated heterocycles. The number of ether oxygens (including phenoxy) is 1. The molecule has 92 valence electrons. The Kier molecular flexibility index (Phi) is 6.05. The Balaban J connectivity index is 2.53. The average Bonchev–Trinajstić information content (AvgIpc) is 2.31. The molecule has 1 rings (SSSR count). The van der Waals surface area contributed by atoms with Crippen molar-refractivity contribution in [1.82, 2.24) is 5.32 Å². The second-order valence-corrected chi connectivity index (χ2v) is 3.69. The van der Waals surface area contributed by atoms with Crippen LogP contribution in [0.5, 0.6) is 5.75 Å². The Labute approximate surface area is 101 Å². The first-order valence-corrected chi connectivity index (χ1v) is 5.76. The van der Waals surface area contributed by atoms with Crippen LogP contribution in [0.4, 0.5) is 4.39 Å². The Morgan fingerprint density at radius 2 is 2.24 bits per heavy atom. The van der Waals surface area contributed by atoms with Gasteiger partial charge >= 0.3 is 0 Å². The lowest BCUT2D eigenvalue weighted by Gasteiger charge is -2.08. The first kappa shape index (κ1) is 13.5. The quantitative estimate of drug-likeness (QED) is 0.740. The van der Waals surface area contributed by atoms with Crippen LogP contribution >= 0.6 is 0 Å². The minimum Gasteiger partial charge on any atom is -0.493 e. The van der Waals surface area contributed by atoms with Crippen molar-refractivity contribution in [2.45, 2.75) is 26.3 Å². The van der Waals surface area contributed by atoms with Gasteiger partial charge in [-0.1, -0.05) is 6.92 Å². The predicted octanol–water partition coefficient (Wildman–Crippen LogP) is 2.62. The number of nitriles is 1. The summed E-state index contributed by atoms with van der Waals surface area (Å²) in [6, 6.07) is 6.71. The lowest BCUT2D eigenvalue weighted by Crippen LogP contribution is -2.12. The van der Waals surface area contributed by atoms with E-state index in [2.05, 4.69) is 5.32 Å². The van der Waals surface area contributed by atoms with Gasteiger partial charge < -0.3 is 10.1 Å². The fraction of sp³-hybridized carbons (Fsp3) is 0.462. The van der Waals surface area contributed by atoms with Crippen molar-refractivity contribution < 1.29 is 9.13 Å². The van der Waals surface area contributed by atoms with Crippen molar-refractivity contribution >= 4 is 0 Å². The molecule has 0 aromatic heterocycles. The van der Waals surface area contributed by atoms with Crippen LogP contribution in [0.2, 0.25) is 0 Å². The average molecular weight is 236 g/mol. The zero-order valence-electron chi connectivity index (χ0n) is 10.0. The number of rotatable bonds is 7. The van der Waals surface area contributed by atoms with Gasteiger partial charge in [-0.25, -0.2) is 4.39 Å². The molecule has 1 aromatic rings. The Morgan fingerprint density at radius 3 is 2.94 bits per heavy atom. The minimum atomic E-state index is -0.296. The van der Waals surface area contributed by atoms with Crippen LogP contribution < -0.4 is 10.1 Å². The predicted molar refractivity (Wildman–Crippen MR) is 64.1 cm³/mol. The Bertz CT molecular complexity index is 387. The van der Waals surface area contributed by atoms with Crippen LogP contribution in [0.3, 0.4) is 0 Å². The van der Waals surface area contributed by atoms with Crippen molar-refractivity contribution in [1.29, 1.82) is 5.26 Å². The molecule has 0 bridgehead atoms. The van der Waals surface area contributed by atoms with Gasteiger partial charge in [-0.2, -0.15) is 5.26 Å². The third-order valence-electron chi connectivity index (χ3n) is 2.21. The summed E-state index contributed by atoms with van der Waals surface area (Å²) in [4.78, 5) is 0. The summed E-state index contributed by atoms with van der Waals surface area (Å²) in [5, 5.41) is 11.5. The smallest absolute Gasteiger partial charge is 0.127 e. The molecule has 1 aromatic carbocycles. The van der Waals surface area contributed by atoms with E-state index in [0.29, 0.717) is 31.7 Å². The molecule has 0 amide bonds. The van der Waals surface area contributed by atoms with Gasteiger partial charge in [0, 0.05) is 19.0 Å². The first-order chi connectivity index (χ1) is 8.26. The molecule has 0 radical (unpaired) electrons. The SMILES string of the molecule is CCNCc1cc(F)cc(OCCCC#N)c1. The lowest BCUT2D eigenvalue weighted by atomic mass is 10.2. The van der Waals surface area contributed by atoms with E-state index < -0.39 is 0 Å². The molecular weight excluding hydrogens is 219 g/mol. The zero-order valence-corrected chi connectivity index (χ0v) is 10.0. The molecule has 0 spiro atoms. The number of nitrogens with zero attached hydrogens (tertiary/aromatic N) is 1. The van der Waals surface area contributed by atoms with Gasteiger partial charge in [-0.3, -0.25) is 0 Å². The fourth-order valence-electron chi connectivity index (χ4n) is 1.42. The number of halogens is 1. The molecule has 3 nitrogen and oxygen atoms in total. The van der Waals surface area contributed by atoms with E-state index in [-0.39, 0.29) is 5.82 Å². The Hall–Kier alpha value is -1.60. The summed E-state index contributed by atoms with van der Waals surface area (Å²) in [5.74, 6) is 0.228. The van der Waals surface area contributed by atoms with Gasteiger partial charge in [-0.15, -0.1) is 0 Å². The van der Waals surface area contributed by atoms with E-state index in [9.17, 15) is 4.39 Å². The molecule has 0 unspecified atom stereocenters. The van der Waals surface area contributed by atoms with E-state index in [1.54, 1.807) is 0 Å². The molecule has 0 atom stereocenters. The summed E-state index contributed by atoms with van der Waals surface area (Å²) in [7, 11) is 0. The molecule has 1 N–H and O–H groups in total. The summed E-state index contributed by atoms with van der Waals surface area (Å²) in [6.07, 6.45) is 1.12. The van der Waals surface area contributed by atoms with Crippen LogP contribution in [-0.2, 0) is 6.54 Å². The summed E-state index contributed by atoms with van der Waals surface area (Å²) in [5.41, 5.74) is 0.863. The standard InChI is InChI=1S/C13H17FN2O/c1-2-16-10-11-7-12(14)9-13(8-11)17-6-4-3-5-15/h7-9,16H,2-4,6,10H2,1H3. The first-order valence-electron chi connectivity index (χ1n) is 5.76. The van der Waals surface area contributed by atoms with Gasteiger partial charge in [0.2, 0.25) is 0 Å². The van der Waals surface area contributed by atoms with E-state index in [4.69, 9.17) is 10.00 Å². The summed E-state index contributed by atoms with van der Waals surface area (Å²) >= 11 is 0. The number of unbranched alkanes of at least 4 members (excludes halogenated alkanes) is 1. The molecule has 0 saturated carbocycles. The fourth-order valence-corrected chi connectivity index (χ4v) is 1.42. The lowest BCUT2D eigenvalue weighted by molar-refractivity contribution is 0.310. The van der Waals surface area contributed by atoms with Crippen LogP contribution in [-0.4, -0.2) is 13.2 Å². The van der Waals surface area contributed by atoms with E-state index in [0.717, 1.165) is 12.1 Å². The molecular formula is C13H17FN2O. The normalized spacial score (nSPS) is 9.94.